The first-order chi connectivity index (χ1) is 17.8. The van der Waals surface area contributed by atoms with E-state index in [-0.39, 0.29) is 0 Å². The third-order valence-electron chi connectivity index (χ3n) is 6.35. The Balaban J connectivity index is 3.31. The molecule has 0 heterocycles. The Morgan fingerprint density at radius 2 is 0.750 bits per heavy atom. The molecule has 0 aromatic rings. The zero-order valence-corrected chi connectivity index (χ0v) is 23.4. The molecule has 204 valence electrons. The minimum atomic E-state index is -0.933. The van der Waals surface area contributed by atoms with Crippen LogP contribution in [0.2, 0.25) is 0 Å². The van der Waals surface area contributed by atoms with Gasteiger partial charge in [0.25, 0.3) is 0 Å². The molecular formula is C34H56O2. The topological polar surface area (TPSA) is 37.3 Å². The van der Waals surface area contributed by atoms with Crippen molar-refractivity contribution in [2.24, 2.45) is 0 Å². The predicted octanol–water partition coefficient (Wildman–Crippen LogP) is 11.2. The van der Waals surface area contributed by atoms with Crippen molar-refractivity contribution in [3.05, 3.63) is 72.9 Å². The summed E-state index contributed by atoms with van der Waals surface area (Å²) in [5.41, 5.74) is 0. The molecule has 36 heavy (non-hydrogen) atoms. The highest BCUT2D eigenvalue weighted by atomic mass is 16.4. The first-order valence-corrected chi connectivity index (χ1v) is 15.0. The van der Waals surface area contributed by atoms with E-state index in [2.05, 4.69) is 25.2 Å². The maximum Gasteiger partial charge on any atom is 0.328 e. The number of hydrogen-bond donors (Lipinski definition) is 1. The zero-order chi connectivity index (χ0) is 26.2. The molecular weight excluding hydrogens is 440 g/mol. The standard InChI is InChI=1S/C34H56O2/c1-2-3-4-5-6-7-8-9-10-11-12-13-14-15-16-17-18-19-20-21-22-23-24-25-26-27-28-29-30-31-32-33-34(35)36/h22-33H,2-21H2,1H3,(H,35,36)/b23-22-,25-24-,27-26-,29-28-,31-30-,33-32-. The van der Waals surface area contributed by atoms with Crippen molar-refractivity contribution in [1.82, 2.24) is 0 Å². The molecule has 0 aromatic carbocycles. The highest BCUT2D eigenvalue weighted by Crippen LogP contribution is 2.14. The van der Waals surface area contributed by atoms with Gasteiger partial charge in [-0.15, -0.1) is 0 Å². The van der Waals surface area contributed by atoms with Crippen LogP contribution in [0.3, 0.4) is 0 Å². The summed E-state index contributed by atoms with van der Waals surface area (Å²) in [5, 5.41) is 8.46. The number of unbranched alkanes of at least 4 members (excludes halogenated alkanes) is 19. The van der Waals surface area contributed by atoms with Crippen LogP contribution in [0.5, 0.6) is 0 Å². The van der Waals surface area contributed by atoms with Crippen LogP contribution in [0.25, 0.3) is 0 Å². The summed E-state index contributed by atoms with van der Waals surface area (Å²) in [6.45, 7) is 2.29. The number of rotatable bonds is 26. The molecule has 0 saturated carbocycles. The summed E-state index contributed by atoms with van der Waals surface area (Å²) < 4.78 is 0. The van der Waals surface area contributed by atoms with E-state index >= 15 is 0 Å². The molecule has 0 aliphatic carbocycles. The summed E-state index contributed by atoms with van der Waals surface area (Å²) in [6, 6.07) is 0. The fourth-order valence-electron chi connectivity index (χ4n) is 4.17. The van der Waals surface area contributed by atoms with Gasteiger partial charge >= 0.3 is 5.97 Å². The van der Waals surface area contributed by atoms with Crippen LogP contribution in [0.15, 0.2) is 72.9 Å². The monoisotopic (exact) mass is 496 g/mol. The van der Waals surface area contributed by atoms with Crippen molar-refractivity contribution in [1.29, 1.82) is 0 Å². The smallest absolute Gasteiger partial charge is 0.328 e. The van der Waals surface area contributed by atoms with Crippen LogP contribution in [-0.4, -0.2) is 11.1 Å². The molecule has 0 aromatic heterocycles. The van der Waals surface area contributed by atoms with Gasteiger partial charge in [0.05, 0.1) is 0 Å². The molecule has 0 bridgehead atoms. The summed E-state index contributed by atoms with van der Waals surface area (Å²) in [7, 11) is 0. The Kier molecular flexibility index (Phi) is 29.1. The maximum atomic E-state index is 10.3. The second-order valence-corrected chi connectivity index (χ2v) is 9.82. The van der Waals surface area contributed by atoms with Crippen LogP contribution in [0.4, 0.5) is 0 Å². The van der Waals surface area contributed by atoms with E-state index in [0.717, 1.165) is 6.08 Å². The van der Waals surface area contributed by atoms with E-state index in [9.17, 15) is 4.79 Å². The molecule has 0 spiro atoms. The molecule has 2 heteroatoms. The Bertz CT molecular complexity index is 634. The van der Waals surface area contributed by atoms with Crippen molar-refractivity contribution < 1.29 is 9.90 Å². The molecule has 1 N–H and O–H groups in total. The molecule has 0 saturated heterocycles. The molecule has 0 aliphatic rings. The Labute approximate surface area is 224 Å². The lowest BCUT2D eigenvalue weighted by Crippen LogP contribution is -1.84. The lowest BCUT2D eigenvalue weighted by atomic mass is 10.0. The summed E-state index contributed by atoms with van der Waals surface area (Å²) in [6.07, 6.45) is 50.6. The van der Waals surface area contributed by atoms with E-state index in [0.29, 0.717) is 0 Å². The van der Waals surface area contributed by atoms with E-state index in [4.69, 9.17) is 5.11 Å². The number of allylic oxidation sites excluding steroid dienone is 11. The van der Waals surface area contributed by atoms with Crippen molar-refractivity contribution in [2.75, 3.05) is 0 Å². The van der Waals surface area contributed by atoms with Gasteiger partial charge in [-0.2, -0.15) is 0 Å². The molecule has 0 aliphatic heterocycles. The zero-order valence-electron chi connectivity index (χ0n) is 23.4. The summed E-state index contributed by atoms with van der Waals surface area (Å²) >= 11 is 0. The van der Waals surface area contributed by atoms with Gasteiger partial charge in [-0.1, -0.05) is 189 Å². The quantitative estimate of drug-likeness (QED) is 0.0734. The van der Waals surface area contributed by atoms with Gasteiger partial charge in [0.2, 0.25) is 0 Å². The van der Waals surface area contributed by atoms with Gasteiger partial charge < -0.3 is 5.11 Å². The molecule has 2 nitrogen and oxygen atoms in total. The van der Waals surface area contributed by atoms with Crippen LogP contribution < -0.4 is 0 Å². The van der Waals surface area contributed by atoms with E-state index in [1.807, 2.05) is 30.4 Å². The van der Waals surface area contributed by atoms with E-state index in [1.165, 1.54) is 134 Å². The fourth-order valence-corrected chi connectivity index (χ4v) is 4.17. The second-order valence-electron chi connectivity index (χ2n) is 9.82. The number of hydrogen-bond acceptors (Lipinski definition) is 1. The first-order valence-electron chi connectivity index (χ1n) is 15.0. The molecule has 0 amide bonds. The SMILES string of the molecule is CCCCCCCCCCCCCCCCCCCCC\C=C/C=C\C=C/C=C\C=C/C=C\C(=O)O. The Morgan fingerprint density at radius 3 is 1.11 bits per heavy atom. The average molecular weight is 497 g/mol. The number of aliphatic carboxylic acids is 1. The van der Waals surface area contributed by atoms with Crippen molar-refractivity contribution in [3.8, 4) is 0 Å². The van der Waals surface area contributed by atoms with Gasteiger partial charge in [-0.3, -0.25) is 0 Å². The van der Waals surface area contributed by atoms with Gasteiger partial charge in [0.15, 0.2) is 0 Å². The average Bonchev–Trinajstić information content (AvgIpc) is 2.87. The minimum Gasteiger partial charge on any atom is -0.478 e. The van der Waals surface area contributed by atoms with E-state index in [1.54, 1.807) is 12.2 Å². The van der Waals surface area contributed by atoms with Gasteiger partial charge in [0, 0.05) is 6.08 Å². The van der Waals surface area contributed by atoms with Crippen LogP contribution in [0, 0.1) is 0 Å². The van der Waals surface area contributed by atoms with Gasteiger partial charge in [-0.05, 0) is 12.8 Å². The second kappa shape index (κ2) is 30.9. The summed E-state index contributed by atoms with van der Waals surface area (Å²) in [4.78, 5) is 10.3. The molecule has 0 radical (unpaired) electrons. The Hall–Kier alpha value is -2.09. The number of carbonyl (C=O) groups is 1. The first kappa shape index (κ1) is 33.9. The minimum absolute atomic E-state index is 0.933. The third-order valence-corrected chi connectivity index (χ3v) is 6.35. The lowest BCUT2D eigenvalue weighted by Gasteiger charge is -2.03. The molecule has 0 unspecified atom stereocenters. The Morgan fingerprint density at radius 1 is 0.444 bits per heavy atom. The normalized spacial score (nSPS) is 12.7. The third kappa shape index (κ3) is 31.9. The summed E-state index contributed by atoms with van der Waals surface area (Å²) in [5.74, 6) is -0.933. The van der Waals surface area contributed by atoms with Crippen molar-refractivity contribution in [2.45, 2.75) is 135 Å². The van der Waals surface area contributed by atoms with Crippen molar-refractivity contribution in [3.63, 3.8) is 0 Å². The van der Waals surface area contributed by atoms with Crippen LogP contribution in [0.1, 0.15) is 135 Å². The number of carboxylic acid groups (broad SMARTS) is 1. The van der Waals surface area contributed by atoms with Gasteiger partial charge in [-0.25, -0.2) is 4.79 Å². The fraction of sp³-hybridized carbons (Fsp3) is 0.618. The van der Waals surface area contributed by atoms with Crippen LogP contribution >= 0.6 is 0 Å². The van der Waals surface area contributed by atoms with Crippen LogP contribution in [-0.2, 0) is 4.79 Å². The molecule has 0 fully saturated rings. The molecule has 0 rings (SSSR count). The van der Waals surface area contributed by atoms with E-state index < -0.39 is 5.97 Å². The highest BCUT2D eigenvalue weighted by Gasteiger charge is 1.95. The maximum absolute atomic E-state index is 10.3. The largest absolute Gasteiger partial charge is 0.478 e. The van der Waals surface area contributed by atoms with Crippen molar-refractivity contribution >= 4 is 5.97 Å². The predicted molar refractivity (Wildman–Crippen MR) is 160 cm³/mol. The lowest BCUT2D eigenvalue weighted by molar-refractivity contribution is -0.131. The molecule has 0 atom stereocenters. The number of carboxylic acids is 1. The van der Waals surface area contributed by atoms with Gasteiger partial charge in [0.1, 0.15) is 0 Å². The highest BCUT2D eigenvalue weighted by molar-refractivity contribution is 5.80.